The lowest BCUT2D eigenvalue weighted by Crippen LogP contribution is -2.27. The Labute approximate surface area is 661 Å². The number of thiazole rings is 5. The molecular formula is C76H69BrN17O12S5+. The van der Waals surface area contributed by atoms with Crippen LogP contribution in [0, 0.1) is 29.2 Å². The molecule has 0 aliphatic carbocycles. The molecule has 0 amide bonds. The molecule has 0 unspecified atom stereocenters. The number of imidazole rings is 4. The number of aliphatic hydroxyl groups excluding tert-OH is 1. The number of rotatable bonds is 14. The first-order valence-electron chi connectivity index (χ1n) is 33.2. The Kier molecular flexibility index (Phi) is 27.6. The number of nitriles is 2. The molecule has 17 aromatic rings. The van der Waals surface area contributed by atoms with Crippen molar-refractivity contribution in [1.82, 2.24) is 52.0 Å². The molecule has 5 aromatic carbocycles. The Hall–Kier alpha value is -12.7. The van der Waals surface area contributed by atoms with E-state index in [0.717, 1.165) is 129 Å². The Morgan fingerprint density at radius 1 is 0.604 bits per heavy atom. The number of halogens is 1. The number of Topliss-reactive ketones (excluding diaryl/α,β-unsaturated/α-hetero) is 1. The van der Waals surface area contributed by atoms with Crippen LogP contribution < -0.4 is 39.7 Å². The molecule has 0 bridgehead atoms. The second kappa shape index (κ2) is 37.9. The minimum absolute atomic E-state index is 0.0218. The number of pyridine rings is 1. The van der Waals surface area contributed by atoms with Gasteiger partial charge in [-0.3, -0.25) is 27.2 Å². The predicted molar refractivity (Wildman–Crippen MR) is 434 cm³/mol. The van der Waals surface area contributed by atoms with E-state index in [1.807, 2.05) is 140 Å². The molecule has 0 aliphatic heterocycles. The second-order valence-electron chi connectivity index (χ2n) is 22.5. The molecule has 0 aliphatic rings. The number of benzene rings is 5. The minimum Gasteiger partial charge on any atom is -0.497 e. The molecule has 0 fully saturated rings. The molecule has 35 heteroatoms. The highest BCUT2D eigenvalue weighted by Crippen LogP contribution is 2.35. The summed E-state index contributed by atoms with van der Waals surface area (Å²) in [7, 11) is 9.68. The number of carbonyl (C=O) groups is 4. The van der Waals surface area contributed by atoms with E-state index in [1.54, 1.807) is 102 Å². The Bertz CT molecular complexity index is 6320. The summed E-state index contributed by atoms with van der Waals surface area (Å²) >= 11 is 10.6. The average Bonchev–Trinajstić information content (AvgIpc) is 1.61. The maximum absolute atomic E-state index is 11.6. The standard InChI is InChI=1S/C20H16N5OS.C13H12N2O3S.C11H10N2O2S.C11H8N2O2S.C8H8N2OS.C6H5N3.C5H7BrO3.C2H3N/c1-3-17-15(11-23-10-13(9-21)6-7-25(17)23)16-12-24-18-5-4-14(26-2)8-19(18)27-20(24)22-16;1-3-18-12(16)9-7-15-10-5-4-8(17-2)6-11(10)19-13(15)14-9;2*1-15-8-2-3-9-10(4-8)16-11-12-7(6-14)5-13(9)11;1-11-5-2-3-6-7(4-5)12-8(9)10-6;7-4-5-1-2-9-6(8)3-5;1-2-9-5(8)4(7)3-6;1-3-2/h4-8,10-12H,3H2,1-2H3;4-7H,3H2,1-2H3;2-5,14H,6H2,1H3;2-6H,1H3;2-4H,1H3,(H2,9,10);1-3H,(H2,8,9);2-3H2,1H3;1H3/q+1;;;;;;;. The average molecular weight is 1650 g/mol. The molecule has 566 valence electrons. The third-order valence-electron chi connectivity index (χ3n) is 15.7. The summed E-state index contributed by atoms with van der Waals surface area (Å²) in [4.78, 5) is 74.7. The van der Waals surface area contributed by atoms with Crippen molar-refractivity contribution in [2.24, 2.45) is 0 Å². The predicted octanol–water partition coefficient (Wildman–Crippen LogP) is 14.1. The fourth-order valence-electron chi connectivity index (χ4n) is 10.7. The van der Waals surface area contributed by atoms with Crippen molar-refractivity contribution in [3.05, 3.63) is 204 Å². The van der Waals surface area contributed by atoms with Gasteiger partial charge in [0.1, 0.15) is 51.9 Å². The van der Waals surface area contributed by atoms with Crippen LogP contribution in [0.25, 0.3) is 87.0 Å². The number of fused-ring (bicyclic) bond motifs is 14. The highest BCUT2D eigenvalue weighted by molar-refractivity contribution is 9.09. The lowest BCUT2D eigenvalue weighted by Gasteiger charge is -1.98. The number of nitrogens with two attached hydrogens (primary N) is 2. The number of esters is 2. The van der Waals surface area contributed by atoms with Gasteiger partial charge in [0.2, 0.25) is 25.2 Å². The third kappa shape index (κ3) is 19.1. The second-order valence-corrected chi connectivity index (χ2v) is 28.2. The SMILES string of the molecule is CCOC(=O)C(=O)CBr.CCOC(=O)c1cn2c(n1)sc1cc(OC)ccc12.CCc1c(-c2cn3c(n2)sc2cc(OC)ccc23)c[n+]2cc(C#N)ccn12.COc1ccc2c(c1)sc1nc(C=O)cn12.COc1ccc2c(c1)sc1nc(CO)cn12.COc1ccc2nc(N)sc2c1.N#Cc1ccnc(N)c1.[C-]#[N+]C. The number of aldehydes is 1. The summed E-state index contributed by atoms with van der Waals surface area (Å²) in [5.74, 6) is 2.85. The normalized spacial score (nSPS) is 10.5. The molecule has 5 N–H and O–H groups in total. The number of ether oxygens (including phenoxy) is 7. The highest BCUT2D eigenvalue weighted by atomic mass is 79.9. The van der Waals surface area contributed by atoms with Gasteiger partial charge in [-0.15, -0.1) is 4.52 Å². The number of aromatic nitrogens is 12. The van der Waals surface area contributed by atoms with E-state index >= 15 is 0 Å². The molecule has 17 rings (SSSR count). The zero-order chi connectivity index (χ0) is 79.4. The molecule has 0 radical (unpaired) electrons. The van der Waals surface area contributed by atoms with E-state index in [9.17, 15) is 19.2 Å². The molecule has 0 saturated heterocycles. The van der Waals surface area contributed by atoms with E-state index in [2.05, 4.69) is 84.6 Å². The number of ketones is 1. The van der Waals surface area contributed by atoms with Gasteiger partial charge >= 0.3 is 11.9 Å². The largest absolute Gasteiger partial charge is 0.497 e. The Morgan fingerprint density at radius 2 is 1.09 bits per heavy atom. The number of nitrogens with zero attached hydrogens (tertiary/aromatic N) is 15. The monoisotopic (exact) mass is 1650 g/mol. The summed E-state index contributed by atoms with van der Waals surface area (Å²) in [5, 5.41) is 27.1. The van der Waals surface area contributed by atoms with Gasteiger partial charge in [0.25, 0.3) is 0 Å². The van der Waals surface area contributed by atoms with Crippen molar-refractivity contribution < 1.29 is 62.0 Å². The molecule has 111 heavy (non-hydrogen) atoms. The zero-order valence-corrected chi connectivity index (χ0v) is 66.5. The van der Waals surface area contributed by atoms with Crippen LogP contribution in [0.15, 0.2) is 159 Å². The summed E-state index contributed by atoms with van der Waals surface area (Å²) in [5.41, 5.74) is 21.9. The smallest absolute Gasteiger partial charge is 0.375 e. The van der Waals surface area contributed by atoms with E-state index in [-0.39, 0.29) is 24.5 Å². The highest BCUT2D eigenvalue weighted by Gasteiger charge is 2.22. The van der Waals surface area contributed by atoms with Crippen LogP contribution in [0.3, 0.4) is 0 Å². The van der Waals surface area contributed by atoms with Crippen molar-refractivity contribution >= 4 is 178 Å². The summed E-state index contributed by atoms with van der Waals surface area (Å²) in [6.45, 7) is 12.0. The maximum atomic E-state index is 11.6. The van der Waals surface area contributed by atoms with E-state index in [0.29, 0.717) is 45.8 Å². The van der Waals surface area contributed by atoms with Crippen molar-refractivity contribution in [3.63, 3.8) is 0 Å². The number of hydrogen-bond donors (Lipinski definition) is 3. The molecule has 0 spiro atoms. The summed E-state index contributed by atoms with van der Waals surface area (Å²) in [6.07, 6.45) is 16.3. The van der Waals surface area contributed by atoms with Gasteiger partial charge in [-0.2, -0.15) is 10.5 Å². The molecule has 29 nitrogen and oxygen atoms in total. The first-order chi connectivity index (χ1) is 53.8. The van der Waals surface area contributed by atoms with E-state index in [4.69, 9.17) is 67.1 Å². The number of methoxy groups -OCH3 is 5. The van der Waals surface area contributed by atoms with Gasteiger partial charge in [0.05, 0.1) is 152 Å². The Morgan fingerprint density at radius 3 is 1.57 bits per heavy atom. The van der Waals surface area contributed by atoms with Crippen LogP contribution in [0.5, 0.6) is 28.7 Å². The molecular weight excluding hydrogens is 1580 g/mol. The van der Waals surface area contributed by atoms with E-state index < -0.39 is 11.8 Å². The van der Waals surface area contributed by atoms with Crippen molar-refractivity contribution in [3.8, 4) is 52.1 Å². The van der Waals surface area contributed by atoms with Crippen molar-refractivity contribution in [1.29, 1.82) is 10.5 Å². The van der Waals surface area contributed by atoms with Gasteiger partial charge < -0.3 is 54.6 Å². The lowest BCUT2D eigenvalue weighted by molar-refractivity contribution is -0.618. The van der Waals surface area contributed by atoms with Crippen molar-refractivity contribution in [2.75, 3.05) is 72.6 Å². The maximum Gasteiger partial charge on any atom is 0.375 e. The van der Waals surface area contributed by atoms with Gasteiger partial charge in [-0.05, 0) is 129 Å². The first-order valence-corrected chi connectivity index (χ1v) is 38.4. The first kappa shape index (κ1) is 80.9. The van der Waals surface area contributed by atoms with Crippen LogP contribution in [0.1, 0.15) is 64.3 Å². The molecule has 12 heterocycles. The fourth-order valence-corrected chi connectivity index (χ4v) is 15.8. The summed E-state index contributed by atoms with van der Waals surface area (Å²) < 4.78 is 52.7. The van der Waals surface area contributed by atoms with Crippen LogP contribution in [-0.2, 0) is 32.1 Å². The van der Waals surface area contributed by atoms with Crippen LogP contribution in [0.4, 0.5) is 10.9 Å². The Balaban J connectivity index is 0.000000141. The van der Waals surface area contributed by atoms with Gasteiger partial charge in [0.15, 0.2) is 37.0 Å². The van der Waals surface area contributed by atoms with Crippen LogP contribution in [0.2, 0.25) is 0 Å². The number of nitrogen functional groups attached to an aromatic ring is 2. The zero-order valence-electron chi connectivity index (χ0n) is 60.8. The van der Waals surface area contributed by atoms with Crippen LogP contribution in [-0.4, -0.2) is 142 Å². The van der Waals surface area contributed by atoms with E-state index in [1.165, 1.54) is 42.0 Å². The molecule has 0 atom stereocenters. The number of hydrogen-bond acceptors (Lipinski definition) is 27. The van der Waals surface area contributed by atoms with Crippen molar-refractivity contribution in [2.45, 2.75) is 33.8 Å². The molecule has 0 saturated carbocycles. The van der Waals surface area contributed by atoms with Gasteiger partial charge in [-0.25, -0.2) is 46.1 Å². The lowest BCUT2D eigenvalue weighted by atomic mass is 10.1. The number of alkyl halides is 1. The number of anilines is 2. The quantitative estimate of drug-likeness (QED) is 0.0227. The minimum atomic E-state index is -0.769. The fraction of sp³-hybridized carbons (Fsp3) is 0.184. The summed E-state index contributed by atoms with van der Waals surface area (Å²) in [6, 6.07) is 38.4. The number of carbonyl (C=O) groups excluding carboxylic acids is 4. The number of aryl methyl sites for hydroxylation is 1. The number of aliphatic hydroxyl groups is 1. The topological polar surface area (TPSA) is 361 Å². The van der Waals surface area contributed by atoms with Crippen LogP contribution >= 0.6 is 72.6 Å². The molecule has 12 aromatic heterocycles. The van der Waals surface area contributed by atoms with Gasteiger partial charge in [0, 0.05) is 31.0 Å². The third-order valence-corrected chi connectivity index (χ3v) is 21.1. The van der Waals surface area contributed by atoms with Gasteiger partial charge in [-0.1, -0.05) is 84.1 Å².